The fourth-order valence-electron chi connectivity index (χ4n) is 2.55. The number of piperidine rings is 1. The number of phenols is 1. The average Bonchev–Trinajstić information content (AvgIpc) is 2.42. The molecule has 2 rings (SSSR count). The van der Waals surface area contributed by atoms with Crippen LogP contribution in [0.25, 0.3) is 0 Å². The van der Waals surface area contributed by atoms with Gasteiger partial charge in [-0.05, 0) is 44.5 Å². The number of nitrogens with one attached hydrogen (secondary N) is 1. The highest BCUT2D eigenvalue weighted by atomic mass is 16.5. The van der Waals surface area contributed by atoms with E-state index in [0.29, 0.717) is 5.75 Å². The van der Waals surface area contributed by atoms with Crippen molar-refractivity contribution in [2.75, 3.05) is 27.2 Å². The highest BCUT2D eigenvalue weighted by Gasteiger charge is 2.28. The molecule has 0 spiro atoms. The molecule has 1 aromatic carbocycles. The minimum absolute atomic E-state index is 0.220. The van der Waals surface area contributed by atoms with E-state index in [1.807, 2.05) is 19.2 Å². The van der Waals surface area contributed by atoms with Crippen molar-refractivity contribution >= 4 is 0 Å². The lowest BCUT2D eigenvalue weighted by molar-refractivity contribution is 0.146. The van der Waals surface area contributed by atoms with Gasteiger partial charge in [0.05, 0.1) is 7.11 Å². The van der Waals surface area contributed by atoms with E-state index in [4.69, 9.17) is 4.74 Å². The molecule has 4 nitrogen and oxygen atoms in total. The Morgan fingerprint density at radius 1 is 1.37 bits per heavy atom. The number of rotatable bonds is 4. The van der Waals surface area contributed by atoms with Gasteiger partial charge in [-0.15, -0.1) is 0 Å². The lowest BCUT2D eigenvalue weighted by Gasteiger charge is -2.39. The summed E-state index contributed by atoms with van der Waals surface area (Å²) in [7, 11) is 3.61. The molecule has 1 heterocycles. The van der Waals surface area contributed by atoms with Crippen molar-refractivity contribution in [3.63, 3.8) is 0 Å². The smallest absolute Gasteiger partial charge is 0.160 e. The first-order chi connectivity index (χ1) is 9.06. The Morgan fingerprint density at radius 2 is 2.05 bits per heavy atom. The molecule has 1 aliphatic heterocycles. The number of nitrogens with zero attached hydrogens (tertiary/aromatic N) is 1. The van der Waals surface area contributed by atoms with Crippen LogP contribution in [-0.2, 0) is 6.54 Å². The zero-order valence-corrected chi connectivity index (χ0v) is 12.1. The fraction of sp³-hybridized carbons (Fsp3) is 0.600. The Hall–Kier alpha value is -1.26. The highest BCUT2D eigenvalue weighted by molar-refractivity contribution is 5.41. The number of methoxy groups -OCH3 is 1. The molecule has 1 fully saturated rings. The lowest BCUT2D eigenvalue weighted by atomic mass is 9.90. The molecule has 0 atom stereocenters. The highest BCUT2D eigenvalue weighted by Crippen LogP contribution is 2.28. The number of ether oxygens (including phenoxy) is 1. The molecular weight excluding hydrogens is 240 g/mol. The zero-order chi connectivity index (χ0) is 13.9. The minimum Gasteiger partial charge on any atom is -0.504 e. The molecule has 0 radical (unpaired) electrons. The van der Waals surface area contributed by atoms with Gasteiger partial charge in [0.2, 0.25) is 0 Å². The zero-order valence-electron chi connectivity index (χ0n) is 12.1. The molecule has 4 heteroatoms. The van der Waals surface area contributed by atoms with E-state index in [-0.39, 0.29) is 11.3 Å². The second-order valence-electron chi connectivity index (χ2n) is 5.59. The fourth-order valence-corrected chi connectivity index (χ4v) is 2.55. The number of phenolic OH excluding ortho intramolecular Hbond substituents is 1. The van der Waals surface area contributed by atoms with Crippen LogP contribution in [0.15, 0.2) is 18.2 Å². The van der Waals surface area contributed by atoms with Crippen molar-refractivity contribution in [2.24, 2.45) is 0 Å². The van der Waals surface area contributed by atoms with Gasteiger partial charge < -0.3 is 15.2 Å². The number of benzene rings is 1. The quantitative estimate of drug-likeness (QED) is 0.873. The first kappa shape index (κ1) is 14.2. The van der Waals surface area contributed by atoms with Gasteiger partial charge in [0.25, 0.3) is 0 Å². The summed E-state index contributed by atoms with van der Waals surface area (Å²) in [6.45, 7) is 5.34. The topological polar surface area (TPSA) is 44.7 Å². The molecule has 1 aliphatic rings. The number of likely N-dealkylation sites (tertiary alicyclic amines) is 1. The molecule has 1 saturated heterocycles. The maximum atomic E-state index is 9.79. The first-order valence-electron chi connectivity index (χ1n) is 6.83. The summed E-state index contributed by atoms with van der Waals surface area (Å²) in [5.41, 5.74) is 1.41. The molecule has 0 unspecified atom stereocenters. The molecule has 0 amide bonds. The minimum atomic E-state index is 0.220. The summed E-state index contributed by atoms with van der Waals surface area (Å²) in [4.78, 5) is 2.43. The summed E-state index contributed by atoms with van der Waals surface area (Å²) < 4.78 is 5.06. The molecule has 0 bridgehead atoms. The van der Waals surface area contributed by atoms with Gasteiger partial charge in [0.15, 0.2) is 11.5 Å². The third-order valence-corrected chi connectivity index (χ3v) is 4.21. The van der Waals surface area contributed by atoms with Crippen LogP contribution in [0.5, 0.6) is 11.5 Å². The van der Waals surface area contributed by atoms with E-state index in [9.17, 15) is 5.11 Å². The molecule has 106 valence electrons. The summed E-state index contributed by atoms with van der Waals surface area (Å²) in [6, 6.07) is 5.64. The maximum Gasteiger partial charge on any atom is 0.160 e. The van der Waals surface area contributed by atoms with Crippen molar-refractivity contribution in [1.29, 1.82) is 0 Å². The van der Waals surface area contributed by atoms with Crippen molar-refractivity contribution in [3.05, 3.63) is 23.8 Å². The normalized spacial score (nSPS) is 19.3. The molecule has 0 saturated carbocycles. The van der Waals surface area contributed by atoms with Crippen LogP contribution in [0.4, 0.5) is 0 Å². The number of aromatic hydroxyl groups is 1. The Balaban J connectivity index is 1.94. The second-order valence-corrected chi connectivity index (χ2v) is 5.59. The summed E-state index contributed by atoms with van der Waals surface area (Å²) in [5.74, 6) is 0.752. The van der Waals surface area contributed by atoms with Crippen LogP contribution in [0.1, 0.15) is 25.3 Å². The van der Waals surface area contributed by atoms with E-state index in [1.54, 1.807) is 13.2 Å². The van der Waals surface area contributed by atoms with E-state index in [0.717, 1.165) is 38.0 Å². The third-order valence-electron chi connectivity index (χ3n) is 4.21. The van der Waals surface area contributed by atoms with Gasteiger partial charge in [-0.25, -0.2) is 0 Å². The van der Waals surface area contributed by atoms with E-state index < -0.39 is 0 Å². The predicted octanol–water partition coefficient (Wildman–Crippen LogP) is 1.97. The Labute approximate surface area is 115 Å². The molecular formula is C15H24N2O2. The van der Waals surface area contributed by atoms with Crippen LogP contribution >= 0.6 is 0 Å². The number of hydrogen-bond acceptors (Lipinski definition) is 4. The van der Waals surface area contributed by atoms with Gasteiger partial charge in [0.1, 0.15) is 0 Å². The average molecular weight is 264 g/mol. The number of hydrogen-bond donors (Lipinski definition) is 2. The molecule has 0 aromatic heterocycles. The maximum absolute atomic E-state index is 9.79. The van der Waals surface area contributed by atoms with Crippen LogP contribution in [0.2, 0.25) is 0 Å². The Kier molecular flexibility index (Phi) is 4.32. The monoisotopic (exact) mass is 264 g/mol. The van der Waals surface area contributed by atoms with Crippen LogP contribution in [0.3, 0.4) is 0 Å². The molecule has 2 N–H and O–H groups in total. The lowest BCUT2D eigenvalue weighted by Crippen LogP contribution is -2.49. The van der Waals surface area contributed by atoms with Gasteiger partial charge in [-0.2, -0.15) is 0 Å². The van der Waals surface area contributed by atoms with Crippen molar-refractivity contribution < 1.29 is 9.84 Å². The summed E-state index contributed by atoms with van der Waals surface area (Å²) >= 11 is 0. The van der Waals surface area contributed by atoms with E-state index in [2.05, 4.69) is 17.1 Å². The second kappa shape index (κ2) is 5.80. The Bertz CT molecular complexity index is 426. The van der Waals surface area contributed by atoms with Gasteiger partial charge in [-0.3, -0.25) is 4.90 Å². The van der Waals surface area contributed by atoms with E-state index in [1.165, 1.54) is 0 Å². The molecule has 0 aliphatic carbocycles. The molecule has 19 heavy (non-hydrogen) atoms. The summed E-state index contributed by atoms with van der Waals surface area (Å²) in [5, 5.41) is 13.2. The molecule has 1 aromatic rings. The van der Waals surface area contributed by atoms with Gasteiger partial charge >= 0.3 is 0 Å². The predicted molar refractivity (Wildman–Crippen MR) is 76.6 cm³/mol. The van der Waals surface area contributed by atoms with Gasteiger partial charge in [0, 0.05) is 25.2 Å². The van der Waals surface area contributed by atoms with Crippen LogP contribution in [0, 0.1) is 0 Å². The Morgan fingerprint density at radius 3 is 2.58 bits per heavy atom. The van der Waals surface area contributed by atoms with Crippen LogP contribution in [-0.4, -0.2) is 42.8 Å². The van der Waals surface area contributed by atoms with Crippen molar-refractivity contribution in [1.82, 2.24) is 10.2 Å². The standard InChI is InChI=1S/C15H24N2O2/c1-15(16-2)6-8-17(9-7-15)11-12-4-5-14(19-3)13(18)10-12/h4-5,10,16,18H,6-9,11H2,1-3H3. The largest absolute Gasteiger partial charge is 0.504 e. The van der Waals surface area contributed by atoms with Gasteiger partial charge in [-0.1, -0.05) is 6.07 Å². The first-order valence-corrected chi connectivity index (χ1v) is 6.83. The van der Waals surface area contributed by atoms with E-state index >= 15 is 0 Å². The van der Waals surface area contributed by atoms with Crippen LogP contribution < -0.4 is 10.1 Å². The third kappa shape index (κ3) is 3.39. The SMILES string of the molecule is CNC1(C)CCN(Cc2ccc(OC)c(O)c2)CC1. The summed E-state index contributed by atoms with van der Waals surface area (Å²) in [6.07, 6.45) is 2.32. The van der Waals surface area contributed by atoms with Crippen molar-refractivity contribution in [2.45, 2.75) is 31.8 Å². The van der Waals surface area contributed by atoms with Crippen molar-refractivity contribution in [3.8, 4) is 11.5 Å².